The summed E-state index contributed by atoms with van der Waals surface area (Å²) in [6, 6.07) is 0. The molecule has 3 atom stereocenters. The lowest BCUT2D eigenvalue weighted by Gasteiger charge is -2.49. The summed E-state index contributed by atoms with van der Waals surface area (Å²) in [7, 11) is 0. The van der Waals surface area contributed by atoms with Crippen LogP contribution in [0, 0.1) is 11.8 Å². The Kier molecular flexibility index (Phi) is 4.73. The summed E-state index contributed by atoms with van der Waals surface area (Å²) in [6.45, 7) is 8.89. The molecule has 1 heterocycles. The Morgan fingerprint density at radius 1 is 1.30 bits per heavy atom. The molecule has 2 heteroatoms. The predicted molar refractivity (Wildman–Crippen MR) is 95.0 cm³/mol. The summed E-state index contributed by atoms with van der Waals surface area (Å²) in [4.78, 5) is 0. The summed E-state index contributed by atoms with van der Waals surface area (Å²) in [5, 5.41) is 10.8. The normalized spacial score (nSPS) is 32.5. The zero-order valence-corrected chi connectivity index (χ0v) is 15.2. The van der Waals surface area contributed by atoms with Crippen molar-refractivity contribution in [1.29, 1.82) is 0 Å². The molecule has 0 aromatic rings. The van der Waals surface area contributed by atoms with E-state index < -0.39 is 0 Å². The molecule has 3 rings (SSSR count). The molecule has 0 fully saturated rings. The Hall–Kier alpha value is -1.02. The predicted octanol–water partition coefficient (Wildman–Crippen LogP) is 5.29. The van der Waals surface area contributed by atoms with E-state index >= 15 is 0 Å². The van der Waals surface area contributed by atoms with E-state index in [-0.39, 0.29) is 11.7 Å². The number of aliphatic hydroxyl groups is 1. The van der Waals surface area contributed by atoms with E-state index in [4.69, 9.17) is 4.74 Å². The van der Waals surface area contributed by atoms with Gasteiger partial charge in [-0.15, -0.1) is 0 Å². The standard InChI is InChI=1S/C21H32O2/c1-5-6-7-8-15-12-18(22)20-16-11-14(2)9-10-17(16)21(3,4)23-19(20)13-15/h11,13,16-18,22H,5-10,12H2,1-4H3/i12+1,13+1,15+1,18+1,19+1,20+1. The molecular weight excluding hydrogens is 290 g/mol. The Bertz CT molecular complexity index is 550. The molecule has 2 aliphatic carbocycles. The van der Waals surface area contributed by atoms with Crippen LogP contribution >= 0.6 is 0 Å². The fourth-order valence-corrected chi connectivity index (χ4v) is 4.62. The third kappa shape index (κ3) is 3.28. The van der Waals surface area contributed by atoms with E-state index in [1.165, 1.54) is 30.4 Å². The molecule has 3 unspecified atom stereocenters. The summed E-state index contributed by atoms with van der Waals surface area (Å²) in [6.07, 6.45) is 12.2. The molecule has 0 aromatic carbocycles. The second kappa shape index (κ2) is 6.47. The van der Waals surface area contributed by atoms with Gasteiger partial charge in [0.05, 0.1) is 6.10 Å². The fraction of sp³-hybridized carbons (Fsp3) is 0.714. The number of allylic oxidation sites excluding steroid dienone is 3. The lowest BCUT2D eigenvalue weighted by atomic mass is 9.74. The van der Waals surface area contributed by atoms with Crippen LogP contribution in [-0.4, -0.2) is 16.8 Å². The van der Waals surface area contributed by atoms with Gasteiger partial charge in [-0.05, 0) is 59.0 Å². The number of fused-ring (bicyclic) bond motifs is 2. The van der Waals surface area contributed by atoms with Crippen molar-refractivity contribution in [3.63, 3.8) is 0 Å². The molecule has 1 N–H and O–H groups in total. The first-order valence-electron chi connectivity index (χ1n) is 9.40. The number of aliphatic hydroxyl groups excluding tert-OH is 1. The smallest absolute Gasteiger partial charge is 0.122 e. The molecule has 0 bridgehead atoms. The maximum atomic E-state index is 10.8. The van der Waals surface area contributed by atoms with Gasteiger partial charge in [0, 0.05) is 17.4 Å². The molecule has 2 nitrogen and oxygen atoms in total. The van der Waals surface area contributed by atoms with Crippen molar-refractivity contribution in [2.24, 2.45) is 11.8 Å². The second-order valence-electron chi connectivity index (χ2n) is 8.19. The van der Waals surface area contributed by atoms with Crippen LogP contribution in [0.5, 0.6) is 0 Å². The van der Waals surface area contributed by atoms with Gasteiger partial charge in [-0.25, -0.2) is 0 Å². The number of hydrogen-bond donors (Lipinski definition) is 1. The van der Waals surface area contributed by atoms with Crippen LogP contribution in [0.2, 0.25) is 0 Å². The zero-order valence-electron chi connectivity index (χ0n) is 15.2. The second-order valence-corrected chi connectivity index (χ2v) is 8.19. The van der Waals surface area contributed by atoms with Crippen LogP contribution < -0.4 is 0 Å². The van der Waals surface area contributed by atoms with Gasteiger partial charge in [0.25, 0.3) is 0 Å². The molecule has 128 valence electrons. The molecule has 0 saturated carbocycles. The van der Waals surface area contributed by atoms with Gasteiger partial charge in [-0.2, -0.15) is 0 Å². The average Bonchev–Trinajstić information content (AvgIpc) is 2.46. The Morgan fingerprint density at radius 3 is 2.83 bits per heavy atom. The Labute approximate surface area is 141 Å². The third-order valence-electron chi connectivity index (χ3n) is 5.91. The quantitative estimate of drug-likeness (QED) is 0.433. The summed E-state index contributed by atoms with van der Waals surface area (Å²) >= 11 is 0. The molecular formula is C21H32O2. The minimum atomic E-state index is -0.364. The SMILES string of the molecule is CCCCC[13C]1=[13CH][13C]2=[13C](C3C=C(C)CCC3C(C)(C)O2)[13CH](O)[13CH2]1. The molecule has 0 aromatic heterocycles. The van der Waals surface area contributed by atoms with Gasteiger partial charge in [-0.1, -0.05) is 37.0 Å². The van der Waals surface area contributed by atoms with E-state index in [1.807, 2.05) is 0 Å². The van der Waals surface area contributed by atoms with Gasteiger partial charge in [0.1, 0.15) is 11.4 Å². The van der Waals surface area contributed by atoms with Crippen LogP contribution in [0.1, 0.15) is 72.6 Å². The first-order valence-corrected chi connectivity index (χ1v) is 9.40. The highest BCUT2D eigenvalue weighted by atomic mass is 16.6. The van der Waals surface area contributed by atoms with Gasteiger partial charge in [0.2, 0.25) is 0 Å². The zero-order chi connectivity index (χ0) is 16.6. The minimum Gasteiger partial charge on any atom is -0.487 e. The van der Waals surface area contributed by atoms with Crippen molar-refractivity contribution in [3.05, 3.63) is 34.6 Å². The van der Waals surface area contributed by atoms with Gasteiger partial charge in [0.15, 0.2) is 0 Å². The number of hydrogen-bond acceptors (Lipinski definition) is 2. The first-order chi connectivity index (χ1) is 10.9. The lowest BCUT2D eigenvalue weighted by molar-refractivity contribution is -0.0557. The summed E-state index contributed by atoms with van der Waals surface area (Å²) in [5.41, 5.74) is 3.81. The molecule has 0 spiro atoms. The number of unbranched alkanes of at least 4 members (excludes halogenated alkanes) is 2. The first kappa shape index (κ1) is 16.8. The topological polar surface area (TPSA) is 29.5 Å². The molecule has 1 aliphatic heterocycles. The Morgan fingerprint density at radius 2 is 2.09 bits per heavy atom. The maximum absolute atomic E-state index is 10.8. The van der Waals surface area contributed by atoms with Crippen molar-refractivity contribution < 1.29 is 9.84 Å². The average molecular weight is 322 g/mol. The van der Waals surface area contributed by atoms with Crippen molar-refractivity contribution in [2.45, 2.75) is 84.3 Å². The van der Waals surface area contributed by atoms with Crippen LogP contribution in [0.4, 0.5) is 0 Å². The van der Waals surface area contributed by atoms with Crippen molar-refractivity contribution in [3.8, 4) is 0 Å². The van der Waals surface area contributed by atoms with Gasteiger partial charge >= 0.3 is 0 Å². The van der Waals surface area contributed by atoms with Crippen LogP contribution in [-0.2, 0) is 4.74 Å². The van der Waals surface area contributed by atoms with Crippen molar-refractivity contribution in [1.82, 2.24) is 0 Å². The molecule has 0 amide bonds. The molecule has 0 saturated heterocycles. The van der Waals surface area contributed by atoms with E-state index in [2.05, 4.69) is 39.8 Å². The number of ether oxygens (including phenoxy) is 1. The fourth-order valence-electron chi connectivity index (χ4n) is 4.62. The minimum absolute atomic E-state index is 0.150. The van der Waals surface area contributed by atoms with Gasteiger partial charge in [-0.3, -0.25) is 0 Å². The van der Waals surface area contributed by atoms with E-state index in [1.54, 1.807) is 0 Å². The molecule has 0 radical (unpaired) electrons. The van der Waals surface area contributed by atoms with Crippen LogP contribution in [0.25, 0.3) is 0 Å². The Balaban J connectivity index is 1.92. The van der Waals surface area contributed by atoms with E-state index in [9.17, 15) is 5.11 Å². The van der Waals surface area contributed by atoms with Crippen molar-refractivity contribution >= 4 is 0 Å². The largest absolute Gasteiger partial charge is 0.487 e. The molecule has 3 aliphatic rings. The van der Waals surface area contributed by atoms with E-state index in [0.717, 1.165) is 37.0 Å². The highest BCUT2D eigenvalue weighted by Crippen LogP contribution is 2.50. The molecule has 23 heavy (non-hydrogen) atoms. The lowest BCUT2D eigenvalue weighted by Crippen LogP contribution is -2.46. The highest BCUT2D eigenvalue weighted by Gasteiger charge is 2.47. The number of rotatable bonds is 4. The summed E-state index contributed by atoms with van der Waals surface area (Å²) in [5.74, 6) is 1.80. The van der Waals surface area contributed by atoms with Gasteiger partial charge < -0.3 is 9.84 Å². The van der Waals surface area contributed by atoms with Crippen LogP contribution in [0.3, 0.4) is 0 Å². The van der Waals surface area contributed by atoms with Crippen LogP contribution in [0.15, 0.2) is 34.6 Å². The van der Waals surface area contributed by atoms with Crippen molar-refractivity contribution in [2.75, 3.05) is 0 Å². The summed E-state index contributed by atoms with van der Waals surface area (Å²) < 4.78 is 6.40. The highest BCUT2D eigenvalue weighted by molar-refractivity contribution is 5.40. The monoisotopic (exact) mass is 322 g/mol. The van der Waals surface area contributed by atoms with E-state index in [0.29, 0.717) is 11.8 Å². The third-order valence-corrected chi connectivity index (χ3v) is 5.91. The maximum Gasteiger partial charge on any atom is 0.122 e.